The molecule has 0 aromatic rings. The molecule has 104 valence electrons. The second-order valence-electron chi connectivity index (χ2n) is 5.22. The lowest BCUT2D eigenvalue weighted by atomic mass is 9.97. The summed E-state index contributed by atoms with van der Waals surface area (Å²) in [4.78, 5) is 0. The fraction of sp³-hybridized carbons (Fsp3) is 0.846. The van der Waals surface area contributed by atoms with E-state index in [-0.39, 0.29) is 0 Å². The van der Waals surface area contributed by atoms with Crippen molar-refractivity contribution in [3.63, 3.8) is 0 Å². The van der Waals surface area contributed by atoms with E-state index in [0.29, 0.717) is 19.6 Å². The molecule has 4 nitrogen and oxygen atoms in total. The molecule has 0 aromatic heterocycles. The van der Waals surface area contributed by atoms with E-state index in [9.17, 15) is 8.42 Å². The summed E-state index contributed by atoms with van der Waals surface area (Å²) in [5, 5.41) is 0. The summed E-state index contributed by atoms with van der Waals surface area (Å²) >= 11 is 0. The molecule has 0 spiro atoms. The fourth-order valence-corrected chi connectivity index (χ4v) is 3.95. The van der Waals surface area contributed by atoms with Gasteiger partial charge in [0.25, 0.3) is 10.2 Å². The van der Waals surface area contributed by atoms with E-state index in [1.807, 2.05) is 0 Å². The molecule has 5 heteroatoms. The normalized spacial score (nSPS) is 22.8. The first kappa shape index (κ1) is 14.0. The van der Waals surface area contributed by atoms with Crippen molar-refractivity contribution in [2.45, 2.75) is 51.4 Å². The van der Waals surface area contributed by atoms with E-state index in [1.54, 1.807) is 4.31 Å². The van der Waals surface area contributed by atoms with Gasteiger partial charge >= 0.3 is 0 Å². The molecule has 1 fully saturated rings. The third-order valence-corrected chi connectivity index (χ3v) is 5.38. The van der Waals surface area contributed by atoms with Gasteiger partial charge < -0.3 is 0 Å². The summed E-state index contributed by atoms with van der Waals surface area (Å²) in [6, 6.07) is 0. The van der Waals surface area contributed by atoms with E-state index < -0.39 is 10.2 Å². The van der Waals surface area contributed by atoms with E-state index >= 15 is 0 Å². The van der Waals surface area contributed by atoms with Crippen LogP contribution in [-0.2, 0) is 10.2 Å². The number of nitrogens with zero attached hydrogens (tertiary/aromatic N) is 1. The molecule has 0 saturated carbocycles. The average molecular weight is 272 g/mol. The van der Waals surface area contributed by atoms with Crippen molar-refractivity contribution in [1.29, 1.82) is 0 Å². The van der Waals surface area contributed by atoms with Crippen LogP contribution in [0.2, 0.25) is 0 Å². The van der Waals surface area contributed by atoms with Crippen molar-refractivity contribution < 1.29 is 8.42 Å². The maximum absolute atomic E-state index is 12.0. The summed E-state index contributed by atoms with van der Waals surface area (Å²) < 4.78 is 28.4. The molecule has 0 aromatic carbocycles. The summed E-state index contributed by atoms with van der Waals surface area (Å²) in [5.41, 5.74) is 1.42. The molecule has 18 heavy (non-hydrogen) atoms. The Balaban J connectivity index is 1.76. The smallest absolute Gasteiger partial charge is 0.202 e. The lowest BCUT2D eigenvalue weighted by Crippen LogP contribution is -2.43. The molecule has 1 aliphatic heterocycles. The van der Waals surface area contributed by atoms with Crippen LogP contribution in [0.1, 0.15) is 51.4 Å². The lowest BCUT2D eigenvalue weighted by molar-refractivity contribution is 0.342. The van der Waals surface area contributed by atoms with Crippen LogP contribution in [0.15, 0.2) is 11.6 Å². The van der Waals surface area contributed by atoms with Crippen LogP contribution in [0, 0.1) is 0 Å². The number of allylic oxidation sites excluding steroid dienone is 1. The summed E-state index contributed by atoms with van der Waals surface area (Å²) in [5.74, 6) is 0. The van der Waals surface area contributed by atoms with Crippen LogP contribution < -0.4 is 4.72 Å². The highest BCUT2D eigenvalue weighted by Crippen LogP contribution is 2.19. The zero-order chi connectivity index (χ0) is 12.8. The standard InChI is InChI=1S/C13H24N2O2S/c16-18(17,15-11-5-2-6-12-15)14-10-9-13-7-3-1-4-8-13/h7,14H,1-6,8-12H2. The maximum Gasteiger partial charge on any atom is 0.279 e. The first-order chi connectivity index (χ1) is 8.68. The quantitative estimate of drug-likeness (QED) is 0.780. The van der Waals surface area contributed by atoms with E-state index in [2.05, 4.69) is 10.8 Å². The van der Waals surface area contributed by atoms with Crippen molar-refractivity contribution in [3.8, 4) is 0 Å². The van der Waals surface area contributed by atoms with Gasteiger partial charge in [-0.05, 0) is 44.9 Å². The Kier molecular flexibility index (Phi) is 5.21. The predicted octanol–water partition coefficient (Wildman–Crippen LogP) is 2.20. The second-order valence-corrected chi connectivity index (χ2v) is 6.97. The molecule has 0 amide bonds. The Morgan fingerprint density at radius 2 is 1.89 bits per heavy atom. The van der Waals surface area contributed by atoms with Gasteiger partial charge in [0.2, 0.25) is 0 Å². The largest absolute Gasteiger partial charge is 0.279 e. The molecule has 1 heterocycles. The minimum Gasteiger partial charge on any atom is -0.202 e. The van der Waals surface area contributed by atoms with Crippen LogP contribution in [0.5, 0.6) is 0 Å². The zero-order valence-electron chi connectivity index (χ0n) is 11.0. The highest BCUT2D eigenvalue weighted by molar-refractivity contribution is 7.87. The number of rotatable bonds is 5. The Morgan fingerprint density at radius 3 is 2.56 bits per heavy atom. The van der Waals surface area contributed by atoms with Crippen molar-refractivity contribution in [1.82, 2.24) is 9.03 Å². The minimum atomic E-state index is -3.23. The third kappa shape index (κ3) is 4.07. The van der Waals surface area contributed by atoms with Crippen LogP contribution in [0.25, 0.3) is 0 Å². The van der Waals surface area contributed by atoms with Crippen molar-refractivity contribution in [2.75, 3.05) is 19.6 Å². The van der Waals surface area contributed by atoms with Crippen LogP contribution in [0.4, 0.5) is 0 Å². The molecular formula is C13H24N2O2S. The molecule has 0 bridgehead atoms. The van der Waals surface area contributed by atoms with Gasteiger partial charge in [-0.2, -0.15) is 12.7 Å². The summed E-state index contributed by atoms with van der Waals surface area (Å²) in [6.07, 6.45) is 11.1. The third-order valence-electron chi connectivity index (χ3n) is 3.77. The molecule has 2 aliphatic rings. The summed E-state index contributed by atoms with van der Waals surface area (Å²) in [6.45, 7) is 1.90. The van der Waals surface area contributed by atoms with Crippen LogP contribution in [0.3, 0.4) is 0 Å². The van der Waals surface area contributed by atoms with E-state index in [1.165, 1.54) is 18.4 Å². The topological polar surface area (TPSA) is 49.4 Å². The monoisotopic (exact) mass is 272 g/mol. The second kappa shape index (κ2) is 6.68. The molecular weight excluding hydrogens is 248 g/mol. The van der Waals surface area contributed by atoms with Gasteiger partial charge in [0.15, 0.2) is 0 Å². The molecule has 2 rings (SSSR count). The lowest BCUT2D eigenvalue weighted by Gasteiger charge is -2.26. The van der Waals surface area contributed by atoms with Gasteiger partial charge in [0.1, 0.15) is 0 Å². The Morgan fingerprint density at radius 1 is 1.11 bits per heavy atom. The number of piperidine rings is 1. The molecule has 1 N–H and O–H groups in total. The Labute approximate surface area is 111 Å². The molecule has 1 saturated heterocycles. The average Bonchev–Trinajstić information content (AvgIpc) is 2.41. The minimum absolute atomic E-state index is 0.546. The molecule has 1 aliphatic carbocycles. The van der Waals surface area contributed by atoms with Gasteiger partial charge in [-0.3, -0.25) is 0 Å². The highest BCUT2D eigenvalue weighted by atomic mass is 32.2. The highest BCUT2D eigenvalue weighted by Gasteiger charge is 2.22. The van der Waals surface area contributed by atoms with Gasteiger partial charge in [-0.15, -0.1) is 0 Å². The Hall–Kier alpha value is -0.390. The fourth-order valence-electron chi connectivity index (χ4n) is 2.67. The first-order valence-corrected chi connectivity index (χ1v) is 8.55. The Bertz CT molecular complexity index is 384. The number of hydrogen-bond acceptors (Lipinski definition) is 2. The van der Waals surface area contributed by atoms with E-state index in [4.69, 9.17) is 0 Å². The van der Waals surface area contributed by atoms with Gasteiger partial charge in [-0.1, -0.05) is 18.1 Å². The summed E-state index contributed by atoms with van der Waals surface area (Å²) in [7, 11) is -3.23. The number of nitrogens with one attached hydrogen (secondary N) is 1. The van der Waals surface area contributed by atoms with Crippen LogP contribution >= 0.6 is 0 Å². The molecule has 0 radical (unpaired) electrons. The van der Waals surface area contributed by atoms with E-state index in [0.717, 1.165) is 38.5 Å². The van der Waals surface area contributed by atoms with Crippen molar-refractivity contribution >= 4 is 10.2 Å². The van der Waals surface area contributed by atoms with Gasteiger partial charge in [-0.25, -0.2) is 4.72 Å². The van der Waals surface area contributed by atoms with Gasteiger partial charge in [0.05, 0.1) is 0 Å². The van der Waals surface area contributed by atoms with Crippen molar-refractivity contribution in [2.24, 2.45) is 0 Å². The maximum atomic E-state index is 12.0. The zero-order valence-corrected chi connectivity index (χ0v) is 11.8. The van der Waals surface area contributed by atoms with Crippen molar-refractivity contribution in [3.05, 3.63) is 11.6 Å². The predicted molar refractivity (Wildman–Crippen MR) is 73.5 cm³/mol. The van der Waals surface area contributed by atoms with Crippen LogP contribution in [-0.4, -0.2) is 32.4 Å². The number of hydrogen-bond donors (Lipinski definition) is 1. The molecule has 0 atom stereocenters. The SMILES string of the molecule is O=S(=O)(NCCC1=CCCCC1)N1CCCCC1. The first-order valence-electron chi connectivity index (χ1n) is 7.11. The molecule has 0 unspecified atom stereocenters. The van der Waals surface area contributed by atoms with Gasteiger partial charge in [0, 0.05) is 19.6 Å².